The first-order valence-corrected chi connectivity index (χ1v) is 15.1. The molecule has 1 amide bonds. The van der Waals surface area contributed by atoms with Crippen molar-refractivity contribution in [2.45, 2.75) is 57.5 Å². The molecular formula is C31H42FN11O4. The summed E-state index contributed by atoms with van der Waals surface area (Å²) >= 11 is 0. The number of benzene rings is 1. The van der Waals surface area contributed by atoms with E-state index < -0.39 is 17.6 Å². The number of unbranched alkanes of at least 4 members (excludes halogenated alkanes) is 2. The lowest BCUT2D eigenvalue weighted by molar-refractivity contribution is -0.139. The second-order valence-electron chi connectivity index (χ2n) is 10.7. The molecular weight excluding hydrogens is 609 g/mol. The Morgan fingerprint density at radius 1 is 1.15 bits per heavy atom. The van der Waals surface area contributed by atoms with E-state index in [9.17, 15) is 23.9 Å². The number of carbonyl (C=O) groups is 2. The molecule has 0 fully saturated rings. The fourth-order valence-corrected chi connectivity index (χ4v) is 4.44. The number of aromatic nitrogens is 4. The van der Waals surface area contributed by atoms with Crippen molar-refractivity contribution < 1.29 is 19.1 Å². The largest absolute Gasteiger partial charge is 0.480 e. The van der Waals surface area contributed by atoms with E-state index in [2.05, 4.69) is 54.2 Å². The summed E-state index contributed by atoms with van der Waals surface area (Å²) in [7, 11) is 0. The molecule has 0 saturated carbocycles. The minimum atomic E-state index is -1.10. The SMILES string of the molecule is C=N/C(=C\N(N)CCCCNC(=O)CCC(NC(=C)c1ccc(NCc2cnc3nc(N)[nH]c(=O)c3n2)cc1)C(=O)O)CCCCF. The van der Waals surface area contributed by atoms with Gasteiger partial charge in [-0.15, -0.1) is 0 Å². The van der Waals surface area contributed by atoms with Crippen LogP contribution in [0, 0.1) is 0 Å². The number of aromatic amines is 1. The highest BCUT2D eigenvalue weighted by Crippen LogP contribution is 2.17. The number of carboxylic acids is 1. The molecule has 1 aromatic carbocycles. The van der Waals surface area contributed by atoms with Crippen molar-refractivity contribution in [1.29, 1.82) is 0 Å². The Morgan fingerprint density at radius 3 is 2.62 bits per heavy atom. The van der Waals surface area contributed by atoms with Gasteiger partial charge in [0, 0.05) is 37.1 Å². The number of anilines is 2. The number of hydrogen-bond donors (Lipinski definition) is 7. The summed E-state index contributed by atoms with van der Waals surface area (Å²) in [6.07, 6.45) is 6.40. The normalized spacial score (nSPS) is 11.9. The first-order chi connectivity index (χ1) is 22.6. The smallest absolute Gasteiger partial charge is 0.326 e. The number of fused-ring (bicyclic) bond motifs is 1. The third kappa shape index (κ3) is 12.1. The maximum Gasteiger partial charge on any atom is 0.326 e. The molecule has 47 heavy (non-hydrogen) atoms. The lowest BCUT2D eigenvalue weighted by atomic mass is 10.1. The number of allylic oxidation sites excluding steroid dienone is 1. The van der Waals surface area contributed by atoms with E-state index in [1.54, 1.807) is 30.5 Å². The minimum Gasteiger partial charge on any atom is -0.480 e. The van der Waals surface area contributed by atoms with Gasteiger partial charge in [-0.3, -0.25) is 24.0 Å². The summed E-state index contributed by atoms with van der Waals surface area (Å²) in [4.78, 5) is 55.0. The van der Waals surface area contributed by atoms with Crippen molar-refractivity contribution >= 4 is 47.1 Å². The maximum absolute atomic E-state index is 12.3. The van der Waals surface area contributed by atoms with Crippen LogP contribution in [0.3, 0.4) is 0 Å². The van der Waals surface area contributed by atoms with Gasteiger partial charge in [-0.05, 0) is 62.9 Å². The first-order valence-electron chi connectivity index (χ1n) is 15.1. The van der Waals surface area contributed by atoms with Crippen molar-refractivity contribution in [2.75, 3.05) is 30.8 Å². The van der Waals surface area contributed by atoms with Gasteiger partial charge < -0.3 is 31.8 Å². The van der Waals surface area contributed by atoms with E-state index in [4.69, 9.17) is 11.6 Å². The fourth-order valence-electron chi connectivity index (χ4n) is 4.44. The van der Waals surface area contributed by atoms with Crippen molar-refractivity contribution in [1.82, 2.24) is 35.6 Å². The molecule has 252 valence electrons. The number of H-pyrrole nitrogens is 1. The van der Waals surface area contributed by atoms with Crippen LogP contribution in [0.5, 0.6) is 0 Å². The number of amides is 1. The summed E-state index contributed by atoms with van der Waals surface area (Å²) < 4.78 is 12.3. The van der Waals surface area contributed by atoms with E-state index in [1.165, 1.54) is 11.2 Å². The number of halogens is 1. The van der Waals surface area contributed by atoms with E-state index in [1.807, 2.05) is 0 Å². The molecule has 1 unspecified atom stereocenters. The standard InChI is InChI=1S/C31H42FN11O4/c1-20(21-8-10-22(11-9-21)37-17-24-18-38-28-27(40-24)29(45)42-31(33)41-28)39-25(30(46)47)12-13-26(44)36-15-5-6-16-43(34)19-23(35-2)7-3-4-14-32/h8-11,18-19,25,37,39H,1-7,12-17,34H2,(H,36,44)(H,46,47)(H3,33,38,41,42,45)/b23-19-. The molecule has 2 aromatic heterocycles. The third-order valence-corrected chi connectivity index (χ3v) is 7.00. The molecule has 9 N–H and O–H groups in total. The number of alkyl halides is 1. The molecule has 15 nitrogen and oxygen atoms in total. The molecule has 0 spiro atoms. The summed E-state index contributed by atoms with van der Waals surface area (Å²) in [5.74, 6) is 4.58. The van der Waals surface area contributed by atoms with E-state index >= 15 is 0 Å². The van der Waals surface area contributed by atoms with Gasteiger partial charge in [0.1, 0.15) is 6.04 Å². The van der Waals surface area contributed by atoms with E-state index in [0.717, 1.165) is 5.69 Å². The van der Waals surface area contributed by atoms with Crippen LogP contribution in [-0.2, 0) is 16.1 Å². The predicted molar refractivity (Wildman–Crippen MR) is 180 cm³/mol. The lowest BCUT2D eigenvalue weighted by Crippen LogP contribution is -2.37. The number of nitrogens with one attached hydrogen (secondary N) is 4. The van der Waals surface area contributed by atoms with Gasteiger partial charge in [-0.1, -0.05) is 18.7 Å². The number of hydrogen-bond acceptors (Lipinski definition) is 12. The van der Waals surface area contributed by atoms with Crippen molar-refractivity contribution in [3.63, 3.8) is 0 Å². The Balaban J connectivity index is 1.39. The number of hydrazine groups is 1. The highest BCUT2D eigenvalue weighted by atomic mass is 19.1. The molecule has 3 aromatic rings. The molecule has 0 radical (unpaired) electrons. The summed E-state index contributed by atoms with van der Waals surface area (Å²) in [5.41, 5.74) is 8.34. The molecule has 1 atom stereocenters. The molecule has 16 heteroatoms. The molecule has 0 bridgehead atoms. The number of carboxylic acid groups (broad SMARTS) is 1. The maximum atomic E-state index is 12.3. The number of nitrogen functional groups attached to an aromatic ring is 1. The number of aliphatic imine (C=N–C) groups is 1. The number of nitrogens with zero attached hydrogens (tertiary/aromatic N) is 5. The predicted octanol–water partition coefficient (Wildman–Crippen LogP) is 2.46. The first kappa shape index (κ1) is 36.1. The Hall–Kier alpha value is -5.38. The zero-order valence-corrected chi connectivity index (χ0v) is 26.2. The second-order valence-corrected chi connectivity index (χ2v) is 10.7. The van der Waals surface area contributed by atoms with Crippen LogP contribution < -0.4 is 33.1 Å². The Kier molecular flexibility index (Phi) is 14.2. The number of carbonyl (C=O) groups excluding carboxylic acids is 1. The van der Waals surface area contributed by atoms with Crippen LogP contribution in [0.2, 0.25) is 0 Å². The van der Waals surface area contributed by atoms with Gasteiger partial charge in [0.2, 0.25) is 11.9 Å². The molecule has 0 saturated heterocycles. The Morgan fingerprint density at radius 2 is 1.91 bits per heavy atom. The minimum absolute atomic E-state index is 0.0199. The van der Waals surface area contributed by atoms with Crippen LogP contribution in [0.4, 0.5) is 16.0 Å². The van der Waals surface area contributed by atoms with Gasteiger partial charge in [-0.2, -0.15) is 4.98 Å². The van der Waals surface area contributed by atoms with Crippen LogP contribution in [0.1, 0.15) is 56.2 Å². The highest BCUT2D eigenvalue weighted by Gasteiger charge is 2.19. The van der Waals surface area contributed by atoms with Crippen molar-refractivity contribution in [2.24, 2.45) is 10.8 Å². The van der Waals surface area contributed by atoms with Gasteiger partial charge in [0.25, 0.3) is 5.56 Å². The van der Waals surface area contributed by atoms with Gasteiger partial charge in [0.05, 0.1) is 30.8 Å². The highest BCUT2D eigenvalue weighted by molar-refractivity contribution is 5.80. The quantitative estimate of drug-likeness (QED) is 0.0381. The molecule has 2 heterocycles. The van der Waals surface area contributed by atoms with E-state index in [0.29, 0.717) is 67.8 Å². The van der Waals surface area contributed by atoms with Crippen LogP contribution in [-0.4, -0.2) is 74.5 Å². The van der Waals surface area contributed by atoms with Crippen LogP contribution in [0.25, 0.3) is 16.9 Å². The second kappa shape index (κ2) is 18.6. The number of nitrogens with two attached hydrogens (primary N) is 2. The zero-order chi connectivity index (χ0) is 34.2. The van der Waals surface area contributed by atoms with Gasteiger partial charge in [0.15, 0.2) is 11.2 Å². The summed E-state index contributed by atoms with van der Waals surface area (Å²) in [6, 6.07) is 6.11. The molecule has 0 aliphatic carbocycles. The van der Waals surface area contributed by atoms with Crippen LogP contribution in [0.15, 0.2) is 58.7 Å². The molecule has 0 aliphatic heterocycles. The van der Waals surface area contributed by atoms with Gasteiger partial charge >= 0.3 is 5.97 Å². The monoisotopic (exact) mass is 651 g/mol. The lowest BCUT2D eigenvalue weighted by Gasteiger charge is -2.18. The number of rotatable bonds is 21. The Bertz CT molecular complexity index is 1610. The average molecular weight is 652 g/mol. The summed E-state index contributed by atoms with van der Waals surface area (Å²) in [5, 5.41) is 20.1. The van der Waals surface area contributed by atoms with Crippen LogP contribution >= 0.6 is 0 Å². The van der Waals surface area contributed by atoms with Crippen molar-refractivity contribution in [3.8, 4) is 0 Å². The van der Waals surface area contributed by atoms with Gasteiger partial charge in [-0.25, -0.2) is 20.6 Å². The molecule has 3 rings (SSSR count). The third-order valence-electron chi connectivity index (χ3n) is 7.00. The number of aliphatic carboxylic acids is 1. The van der Waals surface area contributed by atoms with Crippen molar-refractivity contribution in [3.05, 3.63) is 70.5 Å². The van der Waals surface area contributed by atoms with E-state index in [-0.39, 0.29) is 49.1 Å². The topological polar surface area (TPSA) is 230 Å². The summed E-state index contributed by atoms with van der Waals surface area (Å²) in [6.45, 7) is 8.36. The average Bonchev–Trinajstić information content (AvgIpc) is 3.05. The Labute approximate surface area is 271 Å². The fraction of sp³-hybridized carbons (Fsp3) is 0.387. The molecule has 0 aliphatic rings. The zero-order valence-electron chi connectivity index (χ0n) is 26.2.